The highest BCUT2D eigenvalue weighted by molar-refractivity contribution is 6.04. The van der Waals surface area contributed by atoms with E-state index in [1.54, 1.807) is 4.90 Å². The van der Waals surface area contributed by atoms with Gasteiger partial charge in [-0.3, -0.25) is 19.7 Å². The van der Waals surface area contributed by atoms with E-state index >= 15 is 0 Å². The van der Waals surface area contributed by atoms with Crippen LogP contribution < -0.4 is 5.32 Å². The average molecular weight is 314 g/mol. The molecule has 0 saturated carbocycles. The maximum Gasteiger partial charge on any atom is 0.255 e. The zero-order valence-electron chi connectivity index (χ0n) is 13.6. The number of hydrogen-bond acceptors (Lipinski definition) is 3. The summed E-state index contributed by atoms with van der Waals surface area (Å²) in [7, 11) is 0. The van der Waals surface area contributed by atoms with Gasteiger partial charge in [-0.05, 0) is 42.4 Å². The minimum absolute atomic E-state index is 0.0975. The highest BCUT2D eigenvalue weighted by atomic mass is 16.2. The number of imide groups is 1. The predicted octanol–water partition coefficient (Wildman–Crippen LogP) is 2.35. The number of fused-ring (bicyclic) bond motifs is 1. The molecule has 0 aliphatic carbocycles. The van der Waals surface area contributed by atoms with Gasteiger partial charge in [0.1, 0.15) is 6.04 Å². The molecule has 0 bridgehead atoms. The summed E-state index contributed by atoms with van der Waals surface area (Å²) < 4.78 is 0. The van der Waals surface area contributed by atoms with E-state index in [1.165, 1.54) is 5.56 Å². The first-order chi connectivity index (χ1) is 11.0. The molecule has 2 atom stereocenters. The first kappa shape index (κ1) is 15.7. The number of hydrogen-bond donors (Lipinski definition) is 1. The predicted molar refractivity (Wildman–Crippen MR) is 85.8 cm³/mol. The van der Waals surface area contributed by atoms with E-state index in [4.69, 9.17) is 0 Å². The Morgan fingerprint density at radius 1 is 1.30 bits per heavy atom. The van der Waals surface area contributed by atoms with Crippen molar-refractivity contribution < 1.29 is 14.4 Å². The summed E-state index contributed by atoms with van der Waals surface area (Å²) in [5, 5.41) is 2.39. The minimum atomic E-state index is -0.550. The Kier molecular flexibility index (Phi) is 4.20. The van der Waals surface area contributed by atoms with E-state index in [1.807, 2.05) is 12.1 Å². The molecular formula is C18H22N2O3. The van der Waals surface area contributed by atoms with Gasteiger partial charge in [-0.25, -0.2) is 0 Å². The molecule has 5 heteroatoms. The van der Waals surface area contributed by atoms with Crippen molar-refractivity contribution in [2.75, 3.05) is 0 Å². The summed E-state index contributed by atoms with van der Waals surface area (Å²) in [5.41, 5.74) is 2.92. The van der Waals surface area contributed by atoms with Gasteiger partial charge >= 0.3 is 0 Å². The second-order valence-electron chi connectivity index (χ2n) is 6.44. The fraction of sp³-hybridized carbons (Fsp3) is 0.500. The molecule has 3 rings (SSSR count). The highest BCUT2D eigenvalue weighted by Gasteiger charge is 2.38. The molecule has 1 N–H and O–H groups in total. The minimum Gasteiger partial charge on any atom is -0.322 e. The van der Waals surface area contributed by atoms with Crippen LogP contribution in [-0.4, -0.2) is 28.7 Å². The number of nitrogens with one attached hydrogen (secondary N) is 1. The lowest BCUT2D eigenvalue weighted by molar-refractivity contribution is -0.132. The quantitative estimate of drug-likeness (QED) is 0.871. The number of rotatable bonds is 3. The summed E-state index contributed by atoms with van der Waals surface area (Å²) in [5.74, 6) is -0.317. The van der Waals surface area contributed by atoms with Crippen LogP contribution >= 0.6 is 0 Å². The summed E-state index contributed by atoms with van der Waals surface area (Å²) in [6.07, 6.45) is 2.51. The van der Waals surface area contributed by atoms with Gasteiger partial charge in [-0.2, -0.15) is 0 Å². The molecular weight excluding hydrogens is 292 g/mol. The van der Waals surface area contributed by atoms with Crippen LogP contribution in [0.5, 0.6) is 0 Å². The molecule has 1 unspecified atom stereocenters. The number of amides is 3. The molecule has 122 valence electrons. The smallest absolute Gasteiger partial charge is 0.255 e. The number of carbonyl (C=O) groups excluding carboxylic acids is 3. The molecule has 0 radical (unpaired) electrons. The van der Waals surface area contributed by atoms with Gasteiger partial charge in [0.15, 0.2) is 0 Å². The highest BCUT2D eigenvalue weighted by Crippen LogP contribution is 2.33. The molecule has 1 aromatic rings. The van der Waals surface area contributed by atoms with Crippen molar-refractivity contribution >= 4 is 17.7 Å². The largest absolute Gasteiger partial charge is 0.322 e. The van der Waals surface area contributed by atoms with Crippen molar-refractivity contribution in [3.05, 3.63) is 34.9 Å². The van der Waals surface area contributed by atoms with Crippen LogP contribution in [0, 0.1) is 0 Å². The van der Waals surface area contributed by atoms with Crippen LogP contribution in [0.4, 0.5) is 0 Å². The van der Waals surface area contributed by atoms with Crippen molar-refractivity contribution in [2.45, 2.75) is 58.0 Å². The van der Waals surface area contributed by atoms with Crippen molar-refractivity contribution in [1.29, 1.82) is 0 Å². The molecule has 5 nitrogen and oxygen atoms in total. The zero-order chi connectivity index (χ0) is 16.6. The fourth-order valence-electron chi connectivity index (χ4n) is 3.48. The van der Waals surface area contributed by atoms with Gasteiger partial charge in [-0.1, -0.05) is 26.0 Å². The van der Waals surface area contributed by atoms with E-state index in [-0.39, 0.29) is 17.7 Å². The SMILES string of the molecule is CCC(C)c1cccc2c1CN([C@H]1CCCC(=O)NC1=O)C2=O. The number of nitrogens with zero attached hydrogens (tertiary/aromatic N) is 1. The van der Waals surface area contributed by atoms with Crippen LogP contribution in [0.15, 0.2) is 18.2 Å². The standard InChI is InChI=1S/C18H22N2O3/c1-3-11(2)12-6-4-7-13-14(12)10-20(18(13)23)15-8-5-9-16(21)19-17(15)22/h4,6-7,11,15H,3,5,8-10H2,1-2H3,(H,19,21,22)/t11?,15-/m0/s1. The summed E-state index contributed by atoms with van der Waals surface area (Å²) in [4.78, 5) is 38.1. The van der Waals surface area contributed by atoms with Crippen LogP contribution in [0.25, 0.3) is 0 Å². The second-order valence-corrected chi connectivity index (χ2v) is 6.44. The fourth-order valence-corrected chi connectivity index (χ4v) is 3.48. The van der Waals surface area contributed by atoms with Crippen molar-refractivity contribution in [1.82, 2.24) is 10.2 Å². The molecule has 3 amide bonds. The van der Waals surface area contributed by atoms with E-state index < -0.39 is 6.04 Å². The second kappa shape index (κ2) is 6.14. The third-order valence-corrected chi connectivity index (χ3v) is 5.00. The Bertz CT molecular complexity index is 668. The molecule has 2 heterocycles. The van der Waals surface area contributed by atoms with Crippen LogP contribution in [-0.2, 0) is 16.1 Å². The van der Waals surface area contributed by atoms with Gasteiger partial charge in [0, 0.05) is 18.5 Å². The first-order valence-corrected chi connectivity index (χ1v) is 8.29. The lowest BCUT2D eigenvalue weighted by atomic mass is 9.92. The van der Waals surface area contributed by atoms with E-state index in [9.17, 15) is 14.4 Å². The molecule has 0 spiro atoms. The molecule has 1 aromatic carbocycles. The maximum atomic E-state index is 12.8. The third kappa shape index (κ3) is 2.76. The van der Waals surface area contributed by atoms with Crippen molar-refractivity contribution in [2.24, 2.45) is 0 Å². The number of carbonyl (C=O) groups is 3. The van der Waals surface area contributed by atoms with Crippen molar-refractivity contribution in [3.8, 4) is 0 Å². The Balaban J connectivity index is 1.91. The Morgan fingerprint density at radius 3 is 2.83 bits per heavy atom. The van der Waals surface area contributed by atoms with Gasteiger partial charge in [0.25, 0.3) is 5.91 Å². The third-order valence-electron chi connectivity index (χ3n) is 5.00. The molecule has 1 fully saturated rings. The normalized spacial score (nSPS) is 22.6. The molecule has 1 saturated heterocycles. The molecule has 2 aliphatic rings. The van der Waals surface area contributed by atoms with E-state index in [2.05, 4.69) is 25.2 Å². The number of benzene rings is 1. The van der Waals surface area contributed by atoms with Gasteiger partial charge in [-0.15, -0.1) is 0 Å². The maximum absolute atomic E-state index is 12.8. The van der Waals surface area contributed by atoms with E-state index in [0.29, 0.717) is 37.3 Å². The molecule has 2 aliphatic heterocycles. The van der Waals surface area contributed by atoms with Crippen molar-refractivity contribution in [3.63, 3.8) is 0 Å². The average Bonchev–Trinajstić information content (AvgIpc) is 2.77. The van der Waals surface area contributed by atoms with E-state index in [0.717, 1.165) is 12.0 Å². The van der Waals surface area contributed by atoms with Gasteiger partial charge in [0.2, 0.25) is 11.8 Å². The molecule has 0 aromatic heterocycles. The molecule has 23 heavy (non-hydrogen) atoms. The topological polar surface area (TPSA) is 66.5 Å². The van der Waals surface area contributed by atoms with Crippen LogP contribution in [0.2, 0.25) is 0 Å². The van der Waals surface area contributed by atoms with Gasteiger partial charge < -0.3 is 4.90 Å². The Labute approximate surface area is 136 Å². The Hall–Kier alpha value is -2.17. The monoisotopic (exact) mass is 314 g/mol. The lowest BCUT2D eigenvalue weighted by Gasteiger charge is -2.25. The summed E-state index contributed by atoms with van der Waals surface area (Å²) in [6.45, 7) is 4.74. The summed E-state index contributed by atoms with van der Waals surface area (Å²) >= 11 is 0. The summed E-state index contributed by atoms with van der Waals surface area (Å²) in [6, 6.07) is 5.27. The Morgan fingerprint density at radius 2 is 2.09 bits per heavy atom. The lowest BCUT2D eigenvalue weighted by Crippen LogP contribution is -2.46. The van der Waals surface area contributed by atoms with Crippen LogP contribution in [0.3, 0.4) is 0 Å². The zero-order valence-corrected chi connectivity index (χ0v) is 13.6. The first-order valence-electron chi connectivity index (χ1n) is 8.29. The van der Waals surface area contributed by atoms with Crippen LogP contribution in [0.1, 0.15) is 66.9 Å². The van der Waals surface area contributed by atoms with Gasteiger partial charge in [0.05, 0.1) is 0 Å².